The van der Waals surface area contributed by atoms with Crippen LogP contribution in [0.5, 0.6) is 0 Å². The van der Waals surface area contributed by atoms with Gasteiger partial charge in [-0.15, -0.1) is 0 Å². The molecule has 40 heavy (non-hydrogen) atoms. The van der Waals surface area contributed by atoms with Gasteiger partial charge in [0.05, 0.1) is 11.2 Å². The number of fused-ring (bicyclic) bond motifs is 5. The predicted molar refractivity (Wildman–Crippen MR) is 161 cm³/mol. The van der Waals surface area contributed by atoms with Crippen LogP contribution < -0.4 is 0 Å². The molecule has 222 valence electrons. The molecule has 0 heterocycles. The monoisotopic (exact) mass is 550 g/mol. The molecule has 0 unspecified atom stereocenters. The molecule has 0 spiro atoms. The van der Waals surface area contributed by atoms with Crippen LogP contribution in [0.3, 0.4) is 0 Å². The molecule has 5 rings (SSSR count). The van der Waals surface area contributed by atoms with Crippen molar-refractivity contribution in [2.24, 2.45) is 40.4 Å². The van der Waals surface area contributed by atoms with Crippen LogP contribution in [0.15, 0.2) is 42.0 Å². The van der Waals surface area contributed by atoms with Gasteiger partial charge in [-0.25, -0.2) is 4.79 Å². The van der Waals surface area contributed by atoms with Gasteiger partial charge in [-0.2, -0.15) is 0 Å². The molecular weight excluding hydrogens is 496 g/mol. The summed E-state index contributed by atoms with van der Waals surface area (Å²) in [6.07, 6.45) is 15.1. The maximum atomic E-state index is 13.0. The van der Waals surface area contributed by atoms with E-state index in [9.17, 15) is 15.0 Å². The SMILES string of the molecule is C[C@H](CC[C@](C)(CCCO)OC(=O)c1ccccc1)[C@H]1CC[C@H]2[C@@H]3CC=C4C[C@@](C)(O)CC[C@]4(C)[C@H]3CC[C@]12C. The topological polar surface area (TPSA) is 66.8 Å². The molecule has 1 aromatic rings. The fraction of sp³-hybridized carbons (Fsp3) is 0.750. The van der Waals surface area contributed by atoms with Crippen molar-refractivity contribution in [1.29, 1.82) is 0 Å². The second-order valence-corrected chi connectivity index (χ2v) is 15.2. The van der Waals surface area contributed by atoms with E-state index in [1.807, 2.05) is 37.3 Å². The van der Waals surface area contributed by atoms with Gasteiger partial charge < -0.3 is 14.9 Å². The molecule has 4 aliphatic carbocycles. The van der Waals surface area contributed by atoms with E-state index in [-0.39, 0.29) is 18.0 Å². The highest BCUT2D eigenvalue weighted by atomic mass is 16.6. The summed E-state index contributed by atoms with van der Waals surface area (Å²) in [7, 11) is 0. The van der Waals surface area contributed by atoms with Gasteiger partial charge in [0.1, 0.15) is 5.60 Å². The highest BCUT2D eigenvalue weighted by molar-refractivity contribution is 5.89. The van der Waals surface area contributed by atoms with Crippen LogP contribution in [0.2, 0.25) is 0 Å². The maximum Gasteiger partial charge on any atom is 0.338 e. The minimum absolute atomic E-state index is 0.117. The Kier molecular flexibility index (Phi) is 8.36. The van der Waals surface area contributed by atoms with Gasteiger partial charge in [0, 0.05) is 6.61 Å². The molecule has 2 N–H and O–H groups in total. The van der Waals surface area contributed by atoms with Gasteiger partial charge in [0.15, 0.2) is 0 Å². The summed E-state index contributed by atoms with van der Waals surface area (Å²) in [4.78, 5) is 13.0. The molecule has 0 bridgehead atoms. The highest BCUT2D eigenvalue weighted by Crippen LogP contribution is 2.67. The first kappa shape index (κ1) is 29.8. The van der Waals surface area contributed by atoms with E-state index in [0.29, 0.717) is 35.7 Å². The van der Waals surface area contributed by atoms with Gasteiger partial charge >= 0.3 is 5.97 Å². The summed E-state index contributed by atoms with van der Waals surface area (Å²) < 4.78 is 6.14. The number of allylic oxidation sites excluding steroid dienone is 1. The van der Waals surface area contributed by atoms with Crippen LogP contribution in [0, 0.1) is 40.4 Å². The molecular formula is C36H54O4. The zero-order chi connectivity index (χ0) is 28.8. The second kappa shape index (κ2) is 11.2. The third-order valence-corrected chi connectivity index (χ3v) is 12.5. The number of rotatable bonds is 9. The van der Waals surface area contributed by atoms with Crippen LogP contribution in [-0.2, 0) is 4.74 Å². The average molecular weight is 551 g/mol. The molecule has 4 nitrogen and oxygen atoms in total. The lowest BCUT2D eigenvalue weighted by Gasteiger charge is -2.59. The van der Waals surface area contributed by atoms with E-state index in [1.165, 1.54) is 32.1 Å². The van der Waals surface area contributed by atoms with E-state index < -0.39 is 11.2 Å². The van der Waals surface area contributed by atoms with E-state index in [1.54, 1.807) is 5.57 Å². The van der Waals surface area contributed by atoms with Crippen molar-refractivity contribution in [3.63, 3.8) is 0 Å². The number of carbonyl (C=O) groups excluding carboxylic acids is 1. The fourth-order valence-corrected chi connectivity index (χ4v) is 10.1. The van der Waals surface area contributed by atoms with Gasteiger partial charge in [-0.1, -0.05) is 50.6 Å². The van der Waals surface area contributed by atoms with Crippen LogP contribution in [0.1, 0.15) is 122 Å². The molecule has 3 fully saturated rings. The van der Waals surface area contributed by atoms with Crippen molar-refractivity contribution < 1.29 is 19.7 Å². The zero-order valence-electron chi connectivity index (χ0n) is 25.8. The molecule has 0 aromatic heterocycles. The summed E-state index contributed by atoms with van der Waals surface area (Å²) in [6.45, 7) is 11.8. The van der Waals surface area contributed by atoms with Crippen LogP contribution in [-0.4, -0.2) is 34.0 Å². The Morgan fingerprint density at radius 3 is 2.52 bits per heavy atom. The van der Waals surface area contributed by atoms with Crippen LogP contribution in [0.4, 0.5) is 0 Å². The molecule has 0 amide bonds. The number of esters is 1. The largest absolute Gasteiger partial charge is 0.456 e. The molecule has 3 saturated carbocycles. The Labute approximate surface area is 243 Å². The van der Waals surface area contributed by atoms with Crippen LogP contribution in [0.25, 0.3) is 0 Å². The number of carbonyl (C=O) groups is 1. The Morgan fingerprint density at radius 1 is 1.05 bits per heavy atom. The molecule has 0 saturated heterocycles. The Hall–Kier alpha value is -1.65. The van der Waals surface area contributed by atoms with Crippen molar-refractivity contribution >= 4 is 5.97 Å². The van der Waals surface area contributed by atoms with Crippen LogP contribution >= 0.6 is 0 Å². The van der Waals surface area contributed by atoms with Crippen molar-refractivity contribution in [1.82, 2.24) is 0 Å². The lowest BCUT2D eigenvalue weighted by Crippen LogP contribution is -2.52. The van der Waals surface area contributed by atoms with E-state index in [4.69, 9.17) is 4.74 Å². The maximum absolute atomic E-state index is 13.0. The minimum Gasteiger partial charge on any atom is -0.456 e. The van der Waals surface area contributed by atoms with E-state index >= 15 is 0 Å². The Bertz CT molecular complexity index is 1080. The Morgan fingerprint density at radius 2 is 1.80 bits per heavy atom. The lowest BCUT2D eigenvalue weighted by atomic mass is 9.46. The quantitative estimate of drug-likeness (QED) is 0.241. The first-order valence-electron chi connectivity index (χ1n) is 16.2. The number of hydrogen-bond acceptors (Lipinski definition) is 4. The summed E-state index contributed by atoms with van der Waals surface area (Å²) in [5, 5.41) is 20.3. The molecule has 4 aliphatic rings. The van der Waals surface area contributed by atoms with Gasteiger partial charge in [-0.05, 0) is 143 Å². The molecule has 9 atom stereocenters. The summed E-state index contributed by atoms with van der Waals surface area (Å²) >= 11 is 0. The standard InChI is InChI=1S/C36H54O4/c1-25(16-19-34(3,18-9-23-37)40-32(38)26-10-7-6-8-11-26)29-14-15-30-28-13-12-27-24-33(2,39)21-22-35(27,4)31(28)17-20-36(29,30)5/h6-8,10-12,25,28-31,37,39H,9,13-24H2,1-5H3/t25-,28+,29-,30+,31+,33+,34+,35+,36-/m1/s1. The first-order valence-corrected chi connectivity index (χ1v) is 16.2. The van der Waals surface area contributed by atoms with Gasteiger partial charge in [-0.3, -0.25) is 0 Å². The minimum atomic E-state index is -0.568. The predicted octanol–water partition coefficient (Wildman–Crippen LogP) is 8.12. The number of aliphatic hydroxyl groups is 2. The second-order valence-electron chi connectivity index (χ2n) is 15.2. The third-order valence-electron chi connectivity index (χ3n) is 12.5. The van der Waals surface area contributed by atoms with Crippen molar-refractivity contribution in [2.45, 2.75) is 123 Å². The first-order chi connectivity index (χ1) is 18.9. The molecule has 4 heteroatoms. The van der Waals surface area contributed by atoms with Crippen molar-refractivity contribution in [2.75, 3.05) is 6.61 Å². The summed E-state index contributed by atoms with van der Waals surface area (Å²) in [5.41, 5.74) is 1.69. The smallest absolute Gasteiger partial charge is 0.338 e. The summed E-state index contributed by atoms with van der Waals surface area (Å²) in [5.74, 6) is 3.33. The number of ether oxygens (including phenoxy) is 1. The summed E-state index contributed by atoms with van der Waals surface area (Å²) in [6, 6.07) is 9.28. The van der Waals surface area contributed by atoms with Gasteiger partial charge in [0.25, 0.3) is 0 Å². The average Bonchev–Trinajstić information content (AvgIpc) is 3.29. The number of hydrogen-bond donors (Lipinski definition) is 2. The highest BCUT2D eigenvalue weighted by Gasteiger charge is 2.59. The zero-order valence-corrected chi connectivity index (χ0v) is 25.8. The molecule has 0 aliphatic heterocycles. The van der Waals surface area contributed by atoms with Crippen molar-refractivity contribution in [3.8, 4) is 0 Å². The number of aliphatic hydroxyl groups excluding tert-OH is 1. The van der Waals surface area contributed by atoms with Gasteiger partial charge in [0.2, 0.25) is 0 Å². The third kappa shape index (κ3) is 5.56. The normalized spacial score (nSPS) is 39.2. The Balaban J connectivity index is 1.26. The number of benzene rings is 1. The van der Waals surface area contributed by atoms with E-state index in [0.717, 1.165) is 49.9 Å². The van der Waals surface area contributed by atoms with E-state index in [2.05, 4.69) is 33.8 Å². The molecule has 0 radical (unpaired) electrons. The van der Waals surface area contributed by atoms with Crippen molar-refractivity contribution in [3.05, 3.63) is 47.5 Å². The fourth-order valence-electron chi connectivity index (χ4n) is 10.1. The molecule has 1 aromatic carbocycles. The lowest BCUT2D eigenvalue weighted by molar-refractivity contribution is -0.0720.